The van der Waals surface area contributed by atoms with E-state index in [1.54, 1.807) is 12.3 Å². The fourth-order valence-corrected chi connectivity index (χ4v) is 2.49. The van der Waals surface area contributed by atoms with Gasteiger partial charge in [0.2, 0.25) is 5.95 Å². The van der Waals surface area contributed by atoms with E-state index in [1.807, 2.05) is 35.9 Å². The molecule has 8 heteroatoms. The van der Waals surface area contributed by atoms with Crippen molar-refractivity contribution in [3.63, 3.8) is 0 Å². The van der Waals surface area contributed by atoms with Crippen LogP contribution in [0.25, 0.3) is 11.5 Å². The zero-order valence-electron chi connectivity index (χ0n) is 11.7. The highest BCUT2D eigenvalue weighted by Gasteiger charge is 2.15. The van der Waals surface area contributed by atoms with Crippen molar-refractivity contribution >= 4 is 27.8 Å². The van der Waals surface area contributed by atoms with Crippen molar-refractivity contribution in [2.45, 2.75) is 13.5 Å². The summed E-state index contributed by atoms with van der Waals surface area (Å²) in [6, 6.07) is 7.24. The zero-order valence-corrected chi connectivity index (χ0v) is 13.3. The highest BCUT2D eigenvalue weighted by Crippen LogP contribution is 2.17. The fourth-order valence-electron chi connectivity index (χ4n) is 2.03. The molecule has 22 heavy (non-hydrogen) atoms. The first-order valence-corrected chi connectivity index (χ1v) is 7.47. The van der Waals surface area contributed by atoms with Crippen LogP contribution in [-0.4, -0.2) is 30.6 Å². The lowest BCUT2D eigenvalue weighted by Gasteiger charge is -2.04. The van der Waals surface area contributed by atoms with Gasteiger partial charge in [0.1, 0.15) is 11.4 Å². The van der Waals surface area contributed by atoms with Crippen LogP contribution in [0.4, 0.5) is 5.95 Å². The molecule has 0 radical (unpaired) electrons. The number of carbonyl (C=O) groups is 1. The first-order chi connectivity index (χ1) is 10.7. The maximum absolute atomic E-state index is 12.3. The van der Waals surface area contributed by atoms with Crippen LogP contribution in [-0.2, 0) is 6.54 Å². The predicted molar refractivity (Wildman–Crippen MR) is 85.4 cm³/mol. The van der Waals surface area contributed by atoms with E-state index < -0.39 is 0 Å². The van der Waals surface area contributed by atoms with Crippen LogP contribution in [0.2, 0.25) is 0 Å². The lowest BCUT2D eigenvalue weighted by atomic mass is 10.3. The standard InChI is InChI=1S/C14H13BrN6O/c1-2-21-8-9(15)7-11(21)13(22)18-14-17-12(19-20-14)10-5-3-4-6-16-10/h3-8H,2H2,1H3,(H2,17,18,19,20,22). The van der Waals surface area contributed by atoms with E-state index in [0.29, 0.717) is 23.8 Å². The van der Waals surface area contributed by atoms with Crippen molar-refractivity contribution in [3.05, 3.63) is 46.8 Å². The van der Waals surface area contributed by atoms with Gasteiger partial charge in [-0.15, -0.1) is 5.10 Å². The minimum atomic E-state index is -0.265. The summed E-state index contributed by atoms with van der Waals surface area (Å²) in [4.78, 5) is 20.7. The second kappa shape index (κ2) is 6.10. The molecular weight excluding hydrogens is 348 g/mol. The number of hydrogen-bond donors (Lipinski definition) is 2. The van der Waals surface area contributed by atoms with Gasteiger partial charge in [0, 0.05) is 23.4 Å². The molecule has 1 amide bonds. The third-order valence-corrected chi connectivity index (χ3v) is 3.49. The van der Waals surface area contributed by atoms with Crippen LogP contribution in [0.1, 0.15) is 17.4 Å². The molecule has 3 heterocycles. The smallest absolute Gasteiger partial charge is 0.274 e. The van der Waals surface area contributed by atoms with E-state index in [2.05, 4.69) is 41.4 Å². The monoisotopic (exact) mass is 360 g/mol. The number of halogens is 1. The van der Waals surface area contributed by atoms with Crippen molar-refractivity contribution in [3.8, 4) is 11.5 Å². The first kappa shape index (κ1) is 14.5. The van der Waals surface area contributed by atoms with Gasteiger partial charge < -0.3 is 4.57 Å². The lowest BCUT2D eigenvalue weighted by molar-refractivity contribution is 0.101. The summed E-state index contributed by atoms with van der Waals surface area (Å²) in [5.74, 6) is 0.452. The van der Waals surface area contributed by atoms with Gasteiger partial charge in [-0.1, -0.05) is 6.07 Å². The molecule has 112 valence electrons. The second-order valence-corrected chi connectivity index (χ2v) is 5.42. The van der Waals surface area contributed by atoms with Crippen LogP contribution in [0.3, 0.4) is 0 Å². The average molecular weight is 361 g/mol. The van der Waals surface area contributed by atoms with E-state index in [4.69, 9.17) is 0 Å². The van der Waals surface area contributed by atoms with Crippen LogP contribution in [0.5, 0.6) is 0 Å². The lowest BCUT2D eigenvalue weighted by Crippen LogP contribution is -2.17. The maximum Gasteiger partial charge on any atom is 0.274 e. The van der Waals surface area contributed by atoms with Gasteiger partial charge in [0.05, 0.1) is 0 Å². The normalized spacial score (nSPS) is 10.6. The number of hydrogen-bond acceptors (Lipinski definition) is 4. The molecule has 0 aliphatic rings. The molecule has 7 nitrogen and oxygen atoms in total. The van der Waals surface area contributed by atoms with Crippen molar-refractivity contribution in [1.82, 2.24) is 24.7 Å². The number of H-pyrrole nitrogens is 1. The fraction of sp³-hybridized carbons (Fsp3) is 0.143. The Kier molecular flexibility index (Phi) is 4.01. The molecule has 0 saturated heterocycles. The summed E-state index contributed by atoms with van der Waals surface area (Å²) < 4.78 is 2.69. The number of rotatable bonds is 4. The Morgan fingerprint density at radius 3 is 3.05 bits per heavy atom. The van der Waals surface area contributed by atoms with E-state index in [0.717, 1.165) is 4.47 Å². The predicted octanol–water partition coefficient (Wildman–Crippen LogP) is 2.70. The topological polar surface area (TPSA) is 88.5 Å². The second-order valence-electron chi connectivity index (χ2n) is 4.51. The highest BCUT2D eigenvalue weighted by atomic mass is 79.9. The summed E-state index contributed by atoms with van der Waals surface area (Å²) in [5, 5.41) is 9.42. The average Bonchev–Trinajstić information content (AvgIpc) is 3.14. The van der Waals surface area contributed by atoms with Gasteiger partial charge in [-0.05, 0) is 41.1 Å². The van der Waals surface area contributed by atoms with E-state index >= 15 is 0 Å². The number of pyridine rings is 1. The molecular formula is C14H13BrN6O. The van der Waals surface area contributed by atoms with Gasteiger partial charge >= 0.3 is 0 Å². The van der Waals surface area contributed by atoms with Gasteiger partial charge in [0.15, 0.2) is 5.82 Å². The molecule has 0 aliphatic heterocycles. The molecule has 0 bridgehead atoms. The van der Waals surface area contributed by atoms with Crippen molar-refractivity contribution in [1.29, 1.82) is 0 Å². The third kappa shape index (κ3) is 2.91. The number of nitrogens with zero attached hydrogens (tertiary/aromatic N) is 4. The van der Waals surface area contributed by atoms with Crippen LogP contribution < -0.4 is 5.32 Å². The maximum atomic E-state index is 12.3. The van der Waals surface area contributed by atoms with Gasteiger partial charge in [0.25, 0.3) is 5.91 Å². The first-order valence-electron chi connectivity index (χ1n) is 6.68. The number of aromatic amines is 1. The summed E-state index contributed by atoms with van der Waals surface area (Å²) >= 11 is 3.37. The van der Waals surface area contributed by atoms with Crippen LogP contribution >= 0.6 is 15.9 Å². The Hall–Kier alpha value is -2.48. The Labute approximate surface area is 134 Å². The van der Waals surface area contributed by atoms with Crippen LogP contribution in [0.15, 0.2) is 41.1 Å². The Morgan fingerprint density at radius 2 is 2.32 bits per heavy atom. The third-order valence-electron chi connectivity index (χ3n) is 3.05. The Morgan fingerprint density at radius 1 is 1.45 bits per heavy atom. The molecule has 0 unspecified atom stereocenters. The number of amides is 1. The summed E-state index contributed by atoms with van der Waals surface area (Å²) in [6.45, 7) is 2.66. The number of anilines is 1. The summed E-state index contributed by atoms with van der Waals surface area (Å²) in [7, 11) is 0. The highest BCUT2D eigenvalue weighted by molar-refractivity contribution is 9.10. The van der Waals surface area contributed by atoms with Crippen molar-refractivity contribution in [2.75, 3.05) is 5.32 Å². The molecule has 0 aliphatic carbocycles. The Bertz CT molecular complexity index is 795. The van der Waals surface area contributed by atoms with Gasteiger partial charge in [-0.2, -0.15) is 4.98 Å². The molecule has 0 fully saturated rings. The number of nitrogens with one attached hydrogen (secondary N) is 2. The minimum absolute atomic E-state index is 0.214. The van der Waals surface area contributed by atoms with Crippen LogP contribution in [0, 0.1) is 0 Å². The largest absolute Gasteiger partial charge is 0.343 e. The van der Waals surface area contributed by atoms with Gasteiger partial charge in [-0.25, -0.2) is 0 Å². The summed E-state index contributed by atoms with van der Waals surface area (Å²) in [5.41, 5.74) is 1.20. The Balaban J connectivity index is 1.79. The van der Waals surface area contributed by atoms with E-state index in [9.17, 15) is 4.79 Å². The molecule has 2 N–H and O–H groups in total. The molecule has 0 aromatic carbocycles. The molecule has 0 spiro atoms. The van der Waals surface area contributed by atoms with Crippen molar-refractivity contribution < 1.29 is 4.79 Å². The van der Waals surface area contributed by atoms with E-state index in [1.165, 1.54) is 0 Å². The SMILES string of the molecule is CCn1cc(Br)cc1C(=O)Nc1n[nH]c(-c2ccccn2)n1. The van der Waals surface area contributed by atoms with Crippen molar-refractivity contribution in [2.24, 2.45) is 0 Å². The number of carbonyl (C=O) groups excluding carboxylic acids is 1. The molecule has 3 rings (SSSR count). The van der Waals surface area contributed by atoms with Gasteiger partial charge in [-0.3, -0.25) is 20.2 Å². The quantitative estimate of drug-likeness (QED) is 0.748. The molecule has 0 saturated carbocycles. The number of aryl methyl sites for hydroxylation is 1. The summed E-state index contributed by atoms with van der Waals surface area (Å²) in [6.07, 6.45) is 3.52. The molecule has 3 aromatic rings. The van der Waals surface area contributed by atoms with E-state index in [-0.39, 0.29) is 11.9 Å². The molecule has 0 atom stereocenters. The molecule has 3 aromatic heterocycles. The number of aromatic nitrogens is 5. The zero-order chi connectivity index (χ0) is 15.5. The minimum Gasteiger partial charge on any atom is -0.343 e.